The van der Waals surface area contributed by atoms with E-state index in [0.717, 1.165) is 21.9 Å². The molecule has 1 aromatic heterocycles. The van der Waals surface area contributed by atoms with Crippen molar-refractivity contribution in [3.05, 3.63) is 146 Å². The summed E-state index contributed by atoms with van der Waals surface area (Å²) in [6.45, 7) is 0. The lowest BCUT2D eigenvalue weighted by Gasteiger charge is -2.16. The molecular formula is C42H24O. The Kier molecular flexibility index (Phi) is 4.51. The third kappa shape index (κ3) is 3.17. The highest BCUT2D eigenvalue weighted by Gasteiger charge is 2.15. The molecule has 0 N–H and O–H groups in total. The Balaban J connectivity index is 1.31. The summed E-state index contributed by atoms with van der Waals surface area (Å²) in [5.74, 6) is 0. The van der Waals surface area contributed by atoms with Crippen LogP contribution >= 0.6 is 0 Å². The molecule has 10 aromatic rings. The summed E-state index contributed by atoms with van der Waals surface area (Å²) in [4.78, 5) is 0. The van der Waals surface area contributed by atoms with Crippen LogP contribution in [0.25, 0.3) is 97.7 Å². The quantitative estimate of drug-likeness (QED) is 0.148. The molecule has 0 bridgehead atoms. The van der Waals surface area contributed by atoms with Crippen molar-refractivity contribution in [1.29, 1.82) is 0 Å². The molecule has 0 aliphatic heterocycles. The van der Waals surface area contributed by atoms with Gasteiger partial charge in [-0.3, -0.25) is 0 Å². The van der Waals surface area contributed by atoms with E-state index in [1.165, 1.54) is 75.8 Å². The maximum absolute atomic E-state index is 6.11. The van der Waals surface area contributed by atoms with Crippen molar-refractivity contribution in [1.82, 2.24) is 0 Å². The van der Waals surface area contributed by atoms with Crippen molar-refractivity contribution < 1.29 is 4.42 Å². The zero-order valence-corrected chi connectivity index (χ0v) is 23.3. The van der Waals surface area contributed by atoms with Gasteiger partial charge >= 0.3 is 0 Å². The van der Waals surface area contributed by atoms with Gasteiger partial charge in [-0.2, -0.15) is 0 Å². The fourth-order valence-electron chi connectivity index (χ4n) is 7.44. The highest BCUT2D eigenvalue weighted by Crippen LogP contribution is 2.43. The van der Waals surface area contributed by atoms with Gasteiger partial charge in [0.15, 0.2) is 0 Å². The molecule has 0 fully saturated rings. The number of hydrogen-bond donors (Lipinski definition) is 0. The smallest absolute Gasteiger partial charge is 0.135 e. The zero-order chi connectivity index (χ0) is 28.1. The Hall–Kier alpha value is -5.66. The van der Waals surface area contributed by atoms with Gasteiger partial charge in [0.1, 0.15) is 11.2 Å². The van der Waals surface area contributed by atoms with Crippen LogP contribution < -0.4 is 0 Å². The van der Waals surface area contributed by atoms with Crippen molar-refractivity contribution in [2.24, 2.45) is 0 Å². The van der Waals surface area contributed by atoms with Crippen LogP contribution in [0.2, 0.25) is 0 Å². The first-order valence-corrected chi connectivity index (χ1v) is 14.8. The van der Waals surface area contributed by atoms with Crippen LogP contribution in [0.1, 0.15) is 0 Å². The van der Waals surface area contributed by atoms with Gasteiger partial charge in [0.25, 0.3) is 0 Å². The normalized spacial score (nSPS) is 12.2. The summed E-state index contributed by atoms with van der Waals surface area (Å²) in [5, 5.41) is 17.9. The second-order valence-electron chi connectivity index (χ2n) is 11.6. The van der Waals surface area contributed by atoms with Crippen LogP contribution in [-0.2, 0) is 0 Å². The van der Waals surface area contributed by atoms with E-state index < -0.39 is 0 Å². The van der Waals surface area contributed by atoms with Gasteiger partial charge in [0, 0.05) is 10.8 Å². The van der Waals surface area contributed by atoms with E-state index in [9.17, 15) is 0 Å². The second kappa shape index (κ2) is 8.44. The molecule has 10 rings (SSSR count). The van der Waals surface area contributed by atoms with E-state index in [0.29, 0.717) is 0 Å². The fraction of sp³-hybridized carbons (Fsp3) is 0. The van der Waals surface area contributed by atoms with Gasteiger partial charge in [-0.05, 0) is 112 Å². The van der Waals surface area contributed by atoms with Crippen molar-refractivity contribution >= 4 is 86.6 Å². The lowest BCUT2D eigenvalue weighted by Crippen LogP contribution is -1.88. The lowest BCUT2D eigenvalue weighted by molar-refractivity contribution is 0.669. The Morgan fingerprint density at radius 3 is 1.12 bits per heavy atom. The SMILES string of the molecule is c1ccc2c(c1)oc1ccc(-c3ccc4c(c3)c3ccccc3c3cc5c6ccccc6c6ccccc6c5cc43)cc12. The van der Waals surface area contributed by atoms with Crippen molar-refractivity contribution in [2.45, 2.75) is 0 Å². The van der Waals surface area contributed by atoms with Gasteiger partial charge < -0.3 is 4.42 Å². The first kappa shape index (κ1) is 23.0. The second-order valence-corrected chi connectivity index (χ2v) is 11.6. The summed E-state index contributed by atoms with van der Waals surface area (Å²) in [6, 6.07) is 53.3. The monoisotopic (exact) mass is 544 g/mol. The molecular weight excluding hydrogens is 520 g/mol. The molecule has 0 aliphatic rings. The van der Waals surface area contributed by atoms with Crippen LogP contribution in [0.5, 0.6) is 0 Å². The van der Waals surface area contributed by atoms with E-state index in [4.69, 9.17) is 4.42 Å². The van der Waals surface area contributed by atoms with Crippen LogP contribution in [0.3, 0.4) is 0 Å². The number of hydrogen-bond acceptors (Lipinski definition) is 1. The first-order valence-electron chi connectivity index (χ1n) is 14.8. The molecule has 198 valence electrons. The number of fused-ring (bicyclic) bond motifs is 15. The molecule has 0 saturated carbocycles. The molecule has 0 atom stereocenters. The molecule has 1 heterocycles. The highest BCUT2D eigenvalue weighted by molar-refractivity contribution is 6.33. The third-order valence-electron chi connectivity index (χ3n) is 9.41. The number of benzene rings is 9. The van der Waals surface area contributed by atoms with E-state index in [-0.39, 0.29) is 0 Å². The molecule has 1 heteroatoms. The van der Waals surface area contributed by atoms with Crippen molar-refractivity contribution in [3.63, 3.8) is 0 Å². The number of rotatable bonds is 1. The third-order valence-corrected chi connectivity index (χ3v) is 9.41. The Labute approximate surface area is 247 Å². The van der Waals surface area contributed by atoms with Crippen molar-refractivity contribution in [2.75, 3.05) is 0 Å². The Morgan fingerprint density at radius 2 is 0.581 bits per heavy atom. The predicted octanol–water partition coefficient (Wildman–Crippen LogP) is 12.2. The molecule has 0 radical (unpaired) electrons. The van der Waals surface area contributed by atoms with Gasteiger partial charge in [-0.25, -0.2) is 0 Å². The first-order chi connectivity index (χ1) is 21.3. The summed E-state index contributed by atoms with van der Waals surface area (Å²) >= 11 is 0. The molecule has 43 heavy (non-hydrogen) atoms. The molecule has 1 nitrogen and oxygen atoms in total. The number of furan rings is 1. The molecule has 0 saturated heterocycles. The van der Waals surface area contributed by atoms with E-state index in [2.05, 4.69) is 133 Å². The molecule has 0 unspecified atom stereocenters. The molecule has 9 aromatic carbocycles. The zero-order valence-electron chi connectivity index (χ0n) is 23.3. The fourth-order valence-corrected chi connectivity index (χ4v) is 7.44. The molecule has 0 spiro atoms. The van der Waals surface area contributed by atoms with Gasteiger partial charge in [-0.1, -0.05) is 109 Å². The minimum atomic E-state index is 0.925. The van der Waals surface area contributed by atoms with E-state index in [1.807, 2.05) is 12.1 Å². The minimum absolute atomic E-state index is 0.925. The summed E-state index contributed by atoms with van der Waals surface area (Å²) in [6.07, 6.45) is 0. The Morgan fingerprint density at radius 1 is 0.233 bits per heavy atom. The van der Waals surface area contributed by atoms with Crippen molar-refractivity contribution in [3.8, 4) is 11.1 Å². The predicted molar refractivity (Wildman–Crippen MR) is 184 cm³/mol. The summed E-state index contributed by atoms with van der Waals surface area (Å²) < 4.78 is 6.11. The number of para-hydroxylation sites is 1. The lowest BCUT2D eigenvalue weighted by atomic mass is 9.88. The van der Waals surface area contributed by atoms with E-state index in [1.54, 1.807) is 0 Å². The van der Waals surface area contributed by atoms with Gasteiger partial charge in [0.05, 0.1) is 0 Å². The van der Waals surface area contributed by atoms with Crippen LogP contribution in [-0.4, -0.2) is 0 Å². The van der Waals surface area contributed by atoms with E-state index >= 15 is 0 Å². The van der Waals surface area contributed by atoms with Crippen LogP contribution in [0.15, 0.2) is 150 Å². The van der Waals surface area contributed by atoms with Crippen LogP contribution in [0, 0.1) is 0 Å². The van der Waals surface area contributed by atoms with Crippen LogP contribution in [0.4, 0.5) is 0 Å². The van der Waals surface area contributed by atoms with Gasteiger partial charge in [0.2, 0.25) is 0 Å². The maximum Gasteiger partial charge on any atom is 0.135 e. The highest BCUT2D eigenvalue weighted by atomic mass is 16.3. The molecule has 0 aliphatic carbocycles. The average Bonchev–Trinajstić information content (AvgIpc) is 3.46. The topological polar surface area (TPSA) is 13.1 Å². The minimum Gasteiger partial charge on any atom is -0.456 e. The summed E-state index contributed by atoms with van der Waals surface area (Å²) in [7, 11) is 0. The standard InChI is InChI=1S/C42H24O/c1-3-11-29-27(9-1)28-10-2-4-12-30(28)37-24-39-33-19-17-25(21-35(33)31-13-5-6-14-32(31)38(39)23-36(29)37)26-18-20-42-40(22-26)34-15-7-8-16-41(34)43-42/h1-24H. The summed E-state index contributed by atoms with van der Waals surface area (Å²) in [5.41, 5.74) is 4.26. The largest absolute Gasteiger partial charge is 0.456 e. The average molecular weight is 545 g/mol. The molecule has 0 amide bonds. The Bertz CT molecular complexity index is 2780. The van der Waals surface area contributed by atoms with Gasteiger partial charge in [-0.15, -0.1) is 0 Å². The maximum atomic E-state index is 6.11.